The molecule has 142 valence electrons. The molecule has 0 aliphatic rings. The molecule has 0 atom stereocenters. The predicted octanol–water partition coefficient (Wildman–Crippen LogP) is 4.92. The van der Waals surface area contributed by atoms with Gasteiger partial charge < -0.3 is 10.6 Å². The fourth-order valence-corrected chi connectivity index (χ4v) is 2.52. The molecule has 0 aromatic heterocycles. The van der Waals surface area contributed by atoms with Crippen LogP contribution in [0.15, 0.2) is 60.7 Å². The highest BCUT2D eigenvalue weighted by Crippen LogP contribution is 2.20. The van der Waals surface area contributed by atoms with Crippen LogP contribution in [0.5, 0.6) is 0 Å². The maximum absolute atomic E-state index is 13.7. The van der Waals surface area contributed by atoms with Crippen molar-refractivity contribution in [1.82, 2.24) is 0 Å². The van der Waals surface area contributed by atoms with Gasteiger partial charge in [0.2, 0.25) is 0 Å². The van der Waals surface area contributed by atoms with Gasteiger partial charge in [0.1, 0.15) is 0 Å². The van der Waals surface area contributed by atoms with Gasteiger partial charge >= 0.3 is 0 Å². The van der Waals surface area contributed by atoms with Crippen LogP contribution in [0.1, 0.15) is 26.3 Å². The van der Waals surface area contributed by atoms with Gasteiger partial charge in [-0.25, -0.2) is 13.2 Å². The first kappa shape index (κ1) is 19.2. The molecule has 7 heteroatoms. The Kier molecular flexibility index (Phi) is 5.44. The summed E-state index contributed by atoms with van der Waals surface area (Å²) in [6.45, 7) is 1.90. The van der Waals surface area contributed by atoms with Crippen LogP contribution in [0.3, 0.4) is 0 Å². The second kappa shape index (κ2) is 7.96. The van der Waals surface area contributed by atoms with E-state index in [4.69, 9.17) is 0 Å². The molecular weight excluding hydrogens is 369 g/mol. The van der Waals surface area contributed by atoms with Crippen LogP contribution < -0.4 is 10.6 Å². The minimum Gasteiger partial charge on any atom is -0.322 e. The second-order valence-electron chi connectivity index (χ2n) is 6.08. The smallest absolute Gasteiger partial charge is 0.255 e. The van der Waals surface area contributed by atoms with Crippen LogP contribution in [0.2, 0.25) is 0 Å². The average Bonchev–Trinajstić information content (AvgIpc) is 2.68. The number of hydrogen-bond donors (Lipinski definition) is 2. The molecule has 0 bridgehead atoms. The number of anilines is 2. The number of aryl methyl sites for hydroxylation is 1. The van der Waals surface area contributed by atoms with Gasteiger partial charge in [-0.1, -0.05) is 12.1 Å². The highest BCUT2D eigenvalue weighted by Gasteiger charge is 2.16. The Hall–Kier alpha value is -3.61. The first-order valence-corrected chi connectivity index (χ1v) is 8.28. The van der Waals surface area contributed by atoms with Crippen molar-refractivity contribution in [2.24, 2.45) is 0 Å². The molecule has 2 N–H and O–H groups in total. The summed E-state index contributed by atoms with van der Waals surface area (Å²) in [5.41, 5.74) is 1.59. The summed E-state index contributed by atoms with van der Waals surface area (Å²) in [6.07, 6.45) is 0. The second-order valence-corrected chi connectivity index (χ2v) is 6.08. The summed E-state index contributed by atoms with van der Waals surface area (Å²) in [5, 5.41) is 4.91. The zero-order valence-electron chi connectivity index (χ0n) is 14.7. The van der Waals surface area contributed by atoms with Crippen molar-refractivity contribution >= 4 is 23.2 Å². The lowest BCUT2D eigenvalue weighted by Gasteiger charge is -2.09. The van der Waals surface area contributed by atoms with Crippen LogP contribution in [0.4, 0.5) is 24.5 Å². The van der Waals surface area contributed by atoms with E-state index in [0.717, 1.165) is 11.6 Å². The van der Waals surface area contributed by atoms with Gasteiger partial charge in [-0.3, -0.25) is 9.59 Å². The topological polar surface area (TPSA) is 58.2 Å². The lowest BCUT2D eigenvalue weighted by Crippen LogP contribution is -2.15. The lowest BCUT2D eigenvalue weighted by molar-refractivity contribution is 0.101. The average molecular weight is 384 g/mol. The number of hydrogen-bond acceptors (Lipinski definition) is 2. The molecular formula is C21H15F3N2O2. The van der Waals surface area contributed by atoms with Crippen molar-refractivity contribution < 1.29 is 22.8 Å². The van der Waals surface area contributed by atoms with E-state index >= 15 is 0 Å². The minimum atomic E-state index is -1.67. The van der Waals surface area contributed by atoms with Gasteiger partial charge in [0.15, 0.2) is 17.5 Å². The normalized spacial score (nSPS) is 10.4. The molecule has 0 fully saturated rings. The number of benzene rings is 3. The Labute approximate surface area is 159 Å². The summed E-state index contributed by atoms with van der Waals surface area (Å²) in [4.78, 5) is 24.5. The molecule has 0 aliphatic carbocycles. The van der Waals surface area contributed by atoms with Crippen molar-refractivity contribution in [3.05, 3.63) is 94.8 Å². The van der Waals surface area contributed by atoms with Crippen LogP contribution in [-0.4, -0.2) is 11.8 Å². The van der Waals surface area contributed by atoms with E-state index in [1.165, 1.54) is 24.3 Å². The molecule has 0 saturated carbocycles. The van der Waals surface area contributed by atoms with E-state index in [1.54, 1.807) is 6.07 Å². The third-order valence-corrected chi connectivity index (χ3v) is 3.97. The van der Waals surface area contributed by atoms with Crippen LogP contribution >= 0.6 is 0 Å². The van der Waals surface area contributed by atoms with E-state index in [1.807, 2.05) is 25.1 Å². The molecule has 4 nitrogen and oxygen atoms in total. The van der Waals surface area contributed by atoms with Crippen molar-refractivity contribution in [3.8, 4) is 0 Å². The molecule has 0 radical (unpaired) electrons. The van der Waals surface area contributed by atoms with E-state index in [0.29, 0.717) is 17.3 Å². The fraction of sp³-hybridized carbons (Fsp3) is 0.0476. The zero-order valence-corrected chi connectivity index (χ0v) is 14.7. The quantitative estimate of drug-likeness (QED) is 0.628. The van der Waals surface area contributed by atoms with Crippen LogP contribution in [0.25, 0.3) is 0 Å². The van der Waals surface area contributed by atoms with E-state index in [-0.39, 0.29) is 11.5 Å². The van der Waals surface area contributed by atoms with Gasteiger partial charge in [-0.2, -0.15) is 0 Å². The molecule has 3 aromatic carbocycles. The predicted molar refractivity (Wildman–Crippen MR) is 99.8 cm³/mol. The highest BCUT2D eigenvalue weighted by atomic mass is 19.2. The fourth-order valence-electron chi connectivity index (χ4n) is 2.52. The maximum atomic E-state index is 13.7. The number of carbonyl (C=O) groups is 2. The Morgan fingerprint density at radius 1 is 0.750 bits per heavy atom. The van der Waals surface area contributed by atoms with E-state index < -0.39 is 29.0 Å². The zero-order chi connectivity index (χ0) is 20.3. The number of nitrogens with one attached hydrogen (secondary N) is 2. The Bertz CT molecular complexity index is 1050. The lowest BCUT2D eigenvalue weighted by atomic mass is 10.1. The van der Waals surface area contributed by atoms with Crippen LogP contribution in [0, 0.1) is 24.4 Å². The van der Waals surface area contributed by atoms with Gasteiger partial charge in [0.25, 0.3) is 11.8 Å². The van der Waals surface area contributed by atoms with Gasteiger partial charge in [-0.15, -0.1) is 0 Å². The summed E-state index contributed by atoms with van der Waals surface area (Å²) in [7, 11) is 0. The number of halogens is 3. The first-order chi connectivity index (χ1) is 13.3. The van der Waals surface area contributed by atoms with Crippen molar-refractivity contribution in [3.63, 3.8) is 0 Å². The van der Waals surface area contributed by atoms with Crippen molar-refractivity contribution in [2.45, 2.75) is 6.92 Å². The monoisotopic (exact) mass is 384 g/mol. The Balaban J connectivity index is 1.70. The molecule has 0 aliphatic heterocycles. The van der Waals surface area contributed by atoms with Gasteiger partial charge in [0, 0.05) is 16.8 Å². The molecule has 28 heavy (non-hydrogen) atoms. The van der Waals surface area contributed by atoms with Crippen molar-refractivity contribution in [1.29, 1.82) is 0 Å². The summed E-state index contributed by atoms with van der Waals surface area (Å²) >= 11 is 0. The molecule has 0 unspecified atom stereocenters. The highest BCUT2D eigenvalue weighted by molar-refractivity contribution is 6.07. The number of amides is 2. The maximum Gasteiger partial charge on any atom is 0.255 e. The molecule has 3 aromatic rings. The molecule has 2 amide bonds. The van der Waals surface area contributed by atoms with Crippen molar-refractivity contribution in [2.75, 3.05) is 10.6 Å². The standard InChI is InChI=1S/C21H15F3N2O2/c1-12-3-2-4-15(11-12)25-20(27)13-5-7-14(8-6-13)21(28)26-17-10-9-16(22)18(23)19(17)24/h2-11H,1H3,(H,25,27)(H,26,28). The van der Waals surface area contributed by atoms with Gasteiger partial charge in [0.05, 0.1) is 5.69 Å². The van der Waals surface area contributed by atoms with E-state index in [2.05, 4.69) is 10.6 Å². The number of carbonyl (C=O) groups excluding carboxylic acids is 2. The van der Waals surface area contributed by atoms with Gasteiger partial charge in [-0.05, 0) is 61.0 Å². The number of rotatable bonds is 4. The SMILES string of the molecule is Cc1cccc(NC(=O)c2ccc(C(=O)Nc3ccc(F)c(F)c3F)cc2)c1. The van der Waals surface area contributed by atoms with Crippen LogP contribution in [-0.2, 0) is 0 Å². The molecule has 0 spiro atoms. The minimum absolute atomic E-state index is 0.122. The first-order valence-electron chi connectivity index (χ1n) is 8.28. The van der Waals surface area contributed by atoms with E-state index in [9.17, 15) is 22.8 Å². The molecule has 0 saturated heterocycles. The Morgan fingerprint density at radius 3 is 1.96 bits per heavy atom. The molecule has 0 heterocycles. The Morgan fingerprint density at radius 2 is 1.36 bits per heavy atom. The third kappa shape index (κ3) is 4.20. The summed E-state index contributed by atoms with van der Waals surface area (Å²) in [5.74, 6) is -5.58. The molecule has 3 rings (SSSR count). The summed E-state index contributed by atoms with van der Waals surface area (Å²) in [6, 6.07) is 14.5. The third-order valence-electron chi connectivity index (χ3n) is 3.97. The largest absolute Gasteiger partial charge is 0.322 e. The summed E-state index contributed by atoms with van der Waals surface area (Å²) < 4.78 is 39.9.